The first-order chi connectivity index (χ1) is 16.5. The molecule has 5 rings (SSSR count). The van der Waals surface area contributed by atoms with Gasteiger partial charge >= 0.3 is 0 Å². The third-order valence-electron chi connectivity index (χ3n) is 6.69. The Balaban J connectivity index is 1.64. The second kappa shape index (κ2) is 8.78. The van der Waals surface area contributed by atoms with Crippen molar-refractivity contribution in [2.24, 2.45) is 0 Å². The fourth-order valence-electron chi connectivity index (χ4n) is 4.90. The second-order valence-electron chi connectivity index (χ2n) is 8.85. The molecule has 2 atom stereocenters. The molecule has 0 fully saturated rings. The molecular weight excluding hydrogens is 428 g/mol. The molecule has 0 unspecified atom stereocenters. The maximum absolute atomic E-state index is 13.7. The molecule has 0 saturated heterocycles. The first kappa shape index (κ1) is 21.9. The molecule has 0 spiro atoms. The van der Waals surface area contributed by atoms with Crippen LogP contribution in [-0.2, 0) is 4.79 Å². The highest BCUT2D eigenvalue weighted by molar-refractivity contribution is 6.01. The number of phenols is 1. The summed E-state index contributed by atoms with van der Waals surface area (Å²) in [5.74, 6) is 0.725. The van der Waals surface area contributed by atoms with Gasteiger partial charge in [0.05, 0.1) is 31.6 Å². The summed E-state index contributed by atoms with van der Waals surface area (Å²) in [6.45, 7) is 2.07. The maximum Gasteiger partial charge on any atom is 0.200 e. The van der Waals surface area contributed by atoms with Crippen molar-refractivity contribution in [3.05, 3.63) is 88.6 Å². The molecule has 0 saturated carbocycles. The number of nitrogens with one attached hydrogen (secondary N) is 2. The molecule has 3 aromatic carbocycles. The number of fused-ring (bicyclic) bond motifs is 1. The van der Waals surface area contributed by atoms with Crippen LogP contribution in [0.3, 0.4) is 0 Å². The number of methoxy groups -OCH3 is 2. The van der Waals surface area contributed by atoms with Gasteiger partial charge in [0.1, 0.15) is 0 Å². The largest absolute Gasteiger partial charge is 0.502 e. The zero-order valence-electron chi connectivity index (χ0n) is 19.5. The number of ketones is 1. The van der Waals surface area contributed by atoms with Crippen LogP contribution in [0.25, 0.3) is 0 Å². The topological polar surface area (TPSA) is 79.8 Å². The number of carbonyl (C=O) groups is 1. The Hall–Kier alpha value is -3.93. The number of rotatable bonds is 4. The van der Waals surface area contributed by atoms with Crippen LogP contribution in [0.15, 0.2) is 71.9 Å². The van der Waals surface area contributed by atoms with Gasteiger partial charge in [-0.3, -0.25) is 4.79 Å². The Labute approximate surface area is 199 Å². The number of para-hydroxylation sites is 2. The third-order valence-corrected chi connectivity index (χ3v) is 6.69. The van der Waals surface area contributed by atoms with Crippen LogP contribution >= 0.6 is 0 Å². The summed E-state index contributed by atoms with van der Waals surface area (Å²) in [4.78, 5) is 13.7. The second-order valence-corrected chi connectivity index (χ2v) is 8.85. The summed E-state index contributed by atoms with van der Waals surface area (Å²) in [7, 11) is 3.00. The summed E-state index contributed by atoms with van der Waals surface area (Å²) in [6.07, 6.45) is 1.16. The van der Waals surface area contributed by atoms with E-state index in [4.69, 9.17) is 9.47 Å². The van der Waals surface area contributed by atoms with Crippen molar-refractivity contribution >= 4 is 17.2 Å². The van der Waals surface area contributed by atoms with E-state index in [2.05, 4.69) is 41.8 Å². The highest BCUT2D eigenvalue weighted by atomic mass is 16.5. The van der Waals surface area contributed by atoms with E-state index < -0.39 is 6.04 Å². The van der Waals surface area contributed by atoms with Crippen LogP contribution in [0.5, 0.6) is 17.2 Å². The Morgan fingerprint density at radius 1 is 0.882 bits per heavy atom. The van der Waals surface area contributed by atoms with Crippen molar-refractivity contribution in [2.45, 2.75) is 31.7 Å². The van der Waals surface area contributed by atoms with E-state index in [1.54, 1.807) is 12.1 Å². The highest BCUT2D eigenvalue weighted by Gasteiger charge is 2.36. The zero-order valence-corrected chi connectivity index (χ0v) is 19.5. The molecule has 6 nitrogen and oxygen atoms in total. The Bertz CT molecular complexity index is 1250. The number of hydrogen-bond donors (Lipinski definition) is 3. The number of benzene rings is 3. The first-order valence-corrected chi connectivity index (χ1v) is 11.4. The van der Waals surface area contributed by atoms with Gasteiger partial charge in [-0.05, 0) is 54.7 Å². The van der Waals surface area contributed by atoms with Gasteiger partial charge in [0.25, 0.3) is 0 Å². The van der Waals surface area contributed by atoms with E-state index in [9.17, 15) is 9.90 Å². The van der Waals surface area contributed by atoms with Gasteiger partial charge in [0, 0.05) is 17.7 Å². The van der Waals surface area contributed by atoms with E-state index in [0.29, 0.717) is 23.5 Å². The molecule has 34 heavy (non-hydrogen) atoms. The predicted molar refractivity (Wildman–Crippen MR) is 133 cm³/mol. The van der Waals surface area contributed by atoms with Gasteiger partial charge in [-0.25, -0.2) is 0 Å². The molecule has 2 aliphatic rings. The molecule has 1 heterocycles. The van der Waals surface area contributed by atoms with Crippen LogP contribution in [-0.4, -0.2) is 25.1 Å². The summed E-state index contributed by atoms with van der Waals surface area (Å²) >= 11 is 0. The van der Waals surface area contributed by atoms with E-state index in [-0.39, 0.29) is 17.5 Å². The molecule has 0 bridgehead atoms. The zero-order chi connectivity index (χ0) is 23.8. The lowest BCUT2D eigenvalue weighted by Crippen LogP contribution is -2.27. The van der Waals surface area contributed by atoms with E-state index in [1.165, 1.54) is 25.3 Å². The SMILES string of the molecule is COc1cc([C@H]2Nc3ccccc3NC3=C2C(=O)C[C@@H](c2ccc(C)cc2)C3)cc(OC)c1O. The smallest absolute Gasteiger partial charge is 0.200 e. The number of ether oxygens (including phenoxy) is 2. The van der Waals surface area contributed by atoms with Gasteiger partial charge in [-0.1, -0.05) is 42.0 Å². The lowest BCUT2D eigenvalue weighted by molar-refractivity contribution is -0.116. The van der Waals surface area contributed by atoms with Gasteiger partial charge in [0.2, 0.25) is 5.75 Å². The quantitative estimate of drug-likeness (QED) is 0.468. The molecule has 3 N–H and O–H groups in total. The molecule has 0 amide bonds. The minimum Gasteiger partial charge on any atom is -0.502 e. The molecule has 3 aromatic rings. The lowest BCUT2D eigenvalue weighted by atomic mass is 9.78. The summed E-state index contributed by atoms with van der Waals surface area (Å²) in [5, 5.41) is 17.5. The van der Waals surface area contributed by atoms with Crippen LogP contribution in [0.1, 0.15) is 41.5 Å². The van der Waals surface area contributed by atoms with Crippen molar-refractivity contribution in [1.29, 1.82) is 0 Å². The van der Waals surface area contributed by atoms with Crippen LogP contribution < -0.4 is 20.1 Å². The first-order valence-electron chi connectivity index (χ1n) is 11.4. The predicted octanol–water partition coefficient (Wildman–Crippen LogP) is 5.70. The molecule has 1 aliphatic heterocycles. The maximum atomic E-state index is 13.7. The van der Waals surface area contributed by atoms with Crippen LogP contribution in [0.4, 0.5) is 11.4 Å². The van der Waals surface area contributed by atoms with E-state index in [0.717, 1.165) is 29.1 Å². The van der Waals surface area contributed by atoms with E-state index >= 15 is 0 Å². The van der Waals surface area contributed by atoms with Crippen LogP contribution in [0.2, 0.25) is 0 Å². The Morgan fingerprint density at radius 3 is 2.18 bits per heavy atom. The van der Waals surface area contributed by atoms with Gasteiger partial charge in [-0.2, -0.15) is 0 Å². The number of aromatic hydroxyl groups is 1. The Morgan fingerprint density at radius 2 is 1.53 bits per heavy atom. The third kappa shape index (κ3) is 3.85. The van der Waals surface area contributed by atoms with E-state index in [1.807, 2.05) is 24.3 Å². The number of anilines is 2. The number of Topliss-reactive ketones (excluding diaryl/α,β-unsaturated/α-hetero) is 1. The monoisotopic (exact) mass is 456 g/mol. The molecule has 6 heteroatoms. The molecule has 1 aliphatic carbocycles. The molecule has 174 valence electrons. The van der Waals surface area contributed by atoms with Gasteiger partial charge in [-0.15, -0.1) is 0 Å². The van der Waals surface area contributed by atoms with Crippen molar-refractivity contribution < 1.29 is 19.4 Å². The summed E-state index contributed by atoms with van der Waals surface area (Å²) < 4.78 is 10.8. The van der Waals surface area contributed by atoms with Crippen molar-refractivity contribution in [3.63, 3.8) is 0 Å². The lowest BCUT2D eigenvalue weighted by Gasteiger charge is -2.30. The number of allylic oxidation sites excluding steroid dienone is 1. The minimum absolute atomic E-state index is 0.0653. The molecule has 0 radical (unpaired) electrons. The fraction of sp³-hybridized carbons (Fsp3) is 0.250. The van der Waals surface area contributed by atoms with Crippen LogP contribution in [0, 0.1) is 6.92 Å². The normalized spacial score (nSPS) is 19.3. The average molecular weight is 457 g/mol. The summed E-state index contributed by atoms with van der Waals surface area (Å²) in [5.41, 5.74) is 6.58. The van der Waals surface area contributed by atoms with Crippen molar-refractivity contribution in [2.75, 3.05) is 24.9 Å². The van der Waals surface area contributed by atoms with Crippen molar-refractivity contribution in [1.82, 2.24) is 0 Å². The Kier molecular flexibility index (Phi) is 5.65. The number of aryl methyl sites for hydroxylation is 1. The number of phenolic OH excluding ortho intramolecular Hbond substituents is 1. The van der Waals surface area contributed by atoms with Gasteiger partial charge < -0.3 is 25.2 Å². The molecular formula is C28H28N2O4. The standard InChI is InChI=1S/C28H28N2O4/c1-16-8-10-17(11-9-16)18-12-22-26(23(31)13-18)27(30-21-7-5-4-6-20(21)29-22)19-14-24(33-2)28(32)25(15-19)34-3/h4-11,14-15,18,27,29-30,32H,12-13H2,1-3H3/t18-,27+/m0/s1. The summed E-state index contributed by atoms with van der Waals surface area (Å²) in [6, 6.07) is 19.5. The molecule has 0 aromatic heterocycles. The van der Waals surface area contributed by atoms with Crippen molar-refractivity contribution in [3.8, 4) is 17.2 Å². The average Bonchev–Trinajstić information content (AvgIpc) is 3.01. The minimum atomic E-state index is -0.430. The highest BCUT2D eigenvalue weighted by Crippen LogP contribution is 2.47. The fourth-order valence-corrected chi connectivity index (χ4v) is 4.90. The van der Waals surface area contributed by atoms with Gasteiger partial charge in [0.15, 0.2) is 17.3 Å². The number of hydrogen-bond acceptors (Lipinski definition) is 6. The number of carbonyl (C=O) groups excluding carboxylic acids is 1.